The molecule has 0 fully saturated rings. The van der Waals surface area contributed by atoms with E-state index in [-0.39, 0.29) is 0 Å². The zero-order chi connectivity index (χ0) is 8.55. The monoisotopic (exact) mass is 130 g/mol. The molecule has 0 saturated heterocycles. The van der Waals surface area contributed by atoms with E-state index in [1.165, 1.54) is 0 Å². The van der Waals surface area contributed by atoms with Gasteiger partial charge in [-0.05, 0) is 11.1 Å². The summed E-state index contributed by atoms with van der Waals surface area (Å²) in [6.45, 7) is 0. The molecular formula is C10H8. The van der Waals surface area contributed by atoms with Crippen LogP contribution in [0.4, 0.5) is 0 Å². The van der Waals surface area contributed by atoms with Gasteiger partial charge in [0.05, 0.1) is 2.74 Å². The number of fused-ring (bicyclic) bond motifs is 1. The minimum absolute atomic E-state index is 0.390. The Morgan fingerprint density at radius 1 is 0.800 bits per heavy atom. The van der Waals surface area contributed by atoms with Crippen molar-refractivity contribution < 1.29 is 2.74 Å². The molecule has 0 amide bonds. The molecule has 0 saturated carbocycles. The first-order valence-corrected chi connectivity index (χ1v) is 3.23. The van der Waals surface area contributed by atoms with Crippen molar-refractivity contribution in [3.05, 3.63) is 48.5 Å². The maximum Gasteiger partial charge on any atom is 0.0623 e. The van der Waals surface area contributed by atoms with Crippen LogP contribution >= 0.6 is 0 Å². The largest absolute Gasteiger partial charge is 0.0623 e. The van der Waals surface area contributed by atoms with Crippen LogP contribution in [0.25, 0.3) is 11.1 Å². The van der Waals surface area contributed by atoms with Gasteiger partial charge in [-0.2, -0.15) is 0 Å². The normalized spacial score (nSPS) is 12.8. The summed E-state index contributed by atoms with van der Waals surface area (Å²) in [6, 6.07) is 11.7. The molecule has 0 aromatic heterocycles. The molecule has 0 atom stereocenters. The van der Waals surface area contributed by atoms with E-state index in [0.29, 0.717) is 12.1 Å². The molecule has 0 radical (unpaired) electrons. The SMILES string of the molecule is [2H]c1cc([2H])cc2cccc-2c1. The summed E-state index contributed by atoms with van der Waals surface area (Å²) in [5.41, 5.74) is 2.05. The molecule has 0 aromatic rings. The fourth-order valence-corrected chi connectivity index (χ4v) is 1.02. The first kappa shape index (κ1) is 3.77. The highest BCUT2D eigenvalue weighted by Gasteiger charge is 1.94. The molecule has 2 aliphatic rings. The molecule has 2 aliphatic carbocycles. The van der Waals surface area contributed by atoms with Crippen LogP contribution < -0.4 is 0 Å². The second-order valence-electron chi connectivity index (χ2n) is 2.20. The Balaban J connectivity index is 2.75. The van der Waals surface area contributed by atoms with Gasteiger partial charge in [-0.1, -0.05) is 48.5 Å². The molecular weight excluding hydrogens is 120 g/mol. The van der Waals surface area contributed by atoms with Crippen LogP contribution in [-0.2, 0) is 0 Å². The average molecular weight is 130 g/mol. The lowest BCUT2D eigenvalue weighted by atomic mass is 10.2. The number of rotatable bonds is 0. The Morgan fingerprint density at radius 3 is 2.00 bits per heavy atom. The summed E-state index contributed by atoms with van der Waals surface area (Å²) in [7, 11) is 0. The Bertz CT molecular complexity index is 348. The highest BCUT2D eigenvalue weighted by Crippen LogP contribution is 2.19. The molecule has 0 aromatic carbocycles. The van der Waals surface area contributed by atoms with E-state index in [9.17, 15) is 0 Å². The molecule has 0 bridgehead atoms. The zero-order valence-electron chi connectivity index (χ0n) is 7.46. The maximum atomic E-state index is 7.46. The lowest BCUT2D eigenvalue weighted by Gasteiger charge is -1.85. The first-order chi connectivity index (χ1) is 5.75. The maximum absolute atomic E-state index is 7.46. The van der Waals surface area contributed by atoms with Gasteiger partial charge in [0, 0.05) is 0 Å². The Morgan fingerprint density at radius 2 is 1.40 bits per heavy atom. The highest BCUT2D eigenvalue weighted by atomic mass is 14.0. The van der Waals surface area contributed by atoms with Crippen LogP contribution in [0, 0.1) is 0 Å². The van der Waals surface area contributed by atoms with Crippen LogP contribution in [0.3, 0.4) is 0 Å². The molecule has 0 aliphatic heterocycles. The van der Waals surface area contributed by atoms with E-state index in [1.807, 2.05) is 18.2 Å². The van der Waals surface area contributed by atoms with Gasteiger partial charge >= 0.3 is 0 Å². The van der Waals surface area contributed by atoms with Gasteiger partial charge in [0.15, 0.2) is 0 Å². The van der Waals surface area contributed by atoms with E-state index in [2.05, 4.69) is 0 Å². The van der Waals surface area contributed by atoms with Gasteiger partial charge in [-0.15, -0.1) is 0 Å². The third-order valence-corrected chi connectivity index (χ3v) is 1.53. The quantitative estimate of drug-likeness (QED) is 0.514. The van der Waals surface area contributed by atoms with Crippen LogP contribution in [0.5, 0.6) is 0 Å². The number of hydrogen-bond donors (Lipinski definition) is 0. The smallest absolute Gasteiger partial charge is 0.0622 e. The first-order valence-electron chi connectivity index (χ1n) is 4.23. The van der Waals surface area contributed by atoms with Gasteiger partial charge in [0.1, 0.15) is 0 Å². The highest BCUT2D eigenvalue weighted by molar-refractivity contribution is 5.65. The van der Waals surface area contributed by atoms with E-state index in [4.69, 9.17) is 2.74 Å². The Labute approximate surface area is 63.3 Å². The van der Waals surface area contributed by atoms with Crippen LogP contribution in [-0.4, -0.2) is 0 Å². The topological polar surface area (TPSA) is 0 Å². The number of hydrogen-bond acceptors (Lipinski definition) is 0. The van der Waals surface area contributed by atoms with Crippen molar-refractivity contribution in [2.45, 2.75) is 0 Å². The van der Waals surface area contributed by atoms with E-state index in [0.717, 1.165) is 11.1 Å². The standard InChI is InChI=1S/C10H8/c1-2-5-9-7-4-8-10(9)6-3-1/h1-8H/i2D,3D. The summed E-state index contributed by atoms with van der Waals surface area (Å²) < 4.78 is 14.9. The minimum Gasteiger partial charge on any atom is -0.0622 e. The van der Waals surface area contributed by atoms with Crippen LogP contribution in [0.2, 0.25) is 0 Å². The van der Waals surface area contributed by atoms with Gasteiger partial charge in [0.2, 0.25) is 0 Å². The molecule has 0 unspecified atom stereocenters. The lowest BCUT2D eigenvalue weighted by Crippen LogP contribution is -1.59. The fourth-order valence-electron chi connectivity index (χ4n) is 1.02. The fraction of sp³-hybridized carbons (Fsp3) is 0. The summed E-state index contributed by atoms with van der Waals surface area (Å²) in [4.78, 5) is 0. The summed E-state index contributed by atoms with van der Waals surface area (Å²) >= 11 is 0. The molecule has 0 nitrogen and oxygen atoms in total. The Hall–Kier alpha value is -1.30. The molecule has 0 spiro atoms. The van der Waals surface area contributed by atoms with Gasteiger partial charge < -0.3 is 0 Å². The summed E-state index contributed by atoms with van der Waals surface area (Å²) in [6.07, 6.45) is 0. The third-order valence-electron chi connectivity index (χ3n) is 1.53. The Kier molecular flexibility index (Phi) is 0.808. The third kappa shape index (κ3) is 0.781. The van der Waals surface area contributed by atoms with Crippen molar-refractivity contribution in [3.63, 3.8) is 0 Å². The second-order valence-corrected chi connectivity index (χ2v) is 2.20. The van der Waals surface area contributed by atoms with Gasteiger partial charge in [-0.25, -0.2) is 0 Å². The molecule has 0 N–H and O–H groups in total. The van der Waals surface area contributed by atoms with Crippen LogP contribution in [0.15, 0.2) is 48.5 Å². The van der Waals surface area contributed by atoms with Crippen molar-refractivity contribution in [1.82, 2.24) is 0 Å². The van der Waals surface area contributed by atoms with E-state index in [1.54, 1.807) is 18.2 Å². The van der Waals surface area contributed by atoms with Gasteiger partial charge in [-0.3, -0.25) is 0 Å². The van der Waals surface area contributed by atoms with Crippen molar-refractivity contribution in [2.75, 3.05) is 0 Å². The molecule has 10 heavy (non-hydrogen) atoms. The molecule has 48 valence electrons. The van der Waals surface area contributed by atoms with Crippen LogP contribution in [0.1, 0.15) is 2.74 Å². The second kappa shape index (κ2) is 2.14. The lowest BCUT2D eigenvalue weighted by molar-refractivity contribution is 1.84. The predicted octanol–water partition coefficient (Wildman–Crippen LogP) is 2.79. The van der Waals surface area contributed by atoms with Crippen molar-refractivity contribution in [2.24, 2.45) is 0 Å². The minimum atomic E-state index is 0.390. The van der Waals surface area contributed by atoms with Crippen molar-refractivity contribution in [1.29, 1.82) is 0 Å². The molecule has 0 heterocycles. The van der Waals surface area contributed by atoms with Crippen molar-refractivity contribution in [3.8, 4) is 11.1 Å². The summed E-state index contributed by atoms with van der Waals surface area (Å²) in [5.74, 6) is 0. The van der Waals surface area contributed by atoms with E-state index >= 15 is 0 Å². The molecule has 0 heteroatoms. The summed E-state index contributed by atoms with van der Waals surface area (Å²) in [5, 5.41) is 0. The van der Waals surface area contributed by atoms with Gasteiger partial charge in [0.25, 0.3) is 0 Å². The van der Waals surface area contributed by atoms with Crippen molar-refractivity contribution >= 4 is 0 Å². The zero-order valence-corrected chi connectivity index (χ0v) is 5.46. The average Bonchev–Trinajstić information content (AvgIpc) is 2.31. The molecule has 2 rings (SSSR count). The van der Waals surface area contributed by atoms with E-state index < -0.39 is 0 Å². The predicted molar refractivity (Wildman–Crippen MR) is 43.1 cm³/mol.